The van der Waals surface area contributed by atoms with E-state index in [9.17, 15) is 44.8 Å². The van der Waals surface area contributed by atoms with Gasteiger partial charge in [0.05, 0.1) is 32.9 Å². The molecule has 0 bridgehead atoms. The Labute approximate surface area is 220 Å². The lowest BCUT2D eigenvalue weighted by Gasteiger charge is -2.49. The summed E-state index contributed by atoms with van der Waals surface area (Å²) < 4.78 is 15.0. The van der Waals surface area contributed by atoms with Crippen LogP contribution in [0.1, 0.15) is 24.5 Å². The number of likely N-dealkylation sites (tertiary alicyclic amines) is 1. The van der Waals surface area contributed by atoms with Crippen molar-refractivity contribution < 1.29 is 48.7 Å². The molecule has 0 aliphatic carbocycles. The SMILES string of the molecule is CC(OC(=O)OCc1ccccc1[N+](=O)[O-])C1C(=O)N(C(O)C(=O)OCc2ccccc2[N+](=O)[O-])C1CCO. The molecule has 4 atom stereocenters. The molecule has 0 spiro atoms. The van der Waals surface area contributed by atoms with Crippen molar-refractivity contribution in [1.82, 2.24) is 4.90 Å². The number of hydrogen-bond acceptors (Lipinski definition) is 12. The summed E-state index contributed by atoms with van der Waals surface area (Å²) in [5.41, 5.74) is -0.352. The number of para-hydroxylation sites is 2. The number of ether oxygens (including phenoxy) is 3. The second-order valence-corrected chi connectivity index (χ2v) is 8.47. The lowest BCUT2D eigenvalue weighted by Crippen LogP contribution is -2.69. The highest BCUT2D eigenvalue weighted by Crippen LogP contribution is 2.35. The summed E-state index contributed by atoms with van der Waals surface area (Å²) in [5, 5.41) is 42.1. The fraction of sp³-hybridized carbons (Fsp3) is 0.375. The van der Waals surface area contributed by atoms with Crippen LogP contribution in [0.25, 0.3) is 0 Å². The molecule has 0 saturated carbocycles. The van der Waals surface area contributed by atoms with Crippen molar-refractivity contribution in [2.24, 2.45) is 5.92 Å². The Kier molecular flexibility index (Phi) is 9.46. The second-order valence-electron chi connectivity index (χ2n) is 8.47. The number of benzene rings is 2. The average Bonchev–Trinajstić information content (AvgIpc) is 2.90. The molecule has 208 valence electrons. The number of carbonyl (C=O) groups excluding carboxylic acids is 3. The zero-order chi connectivity index (χ0) is 28.7. The Morgan fingerprint density at radius 3 is 2.00 bits per heavy atom. The van der Waals surface area contributed by atoms with E-state index in [4.69, 9.17) is 14.2 Å². The van der Waals surface area contributed by atoms with Crippen molar-refractivity contribution in [1.29, 1.82) is 0 Å². The number of β-lactam (4-membered cyclic amide) rings is 1. The number of carbonyl (C=O) groups is 3. The van der Waals surface area contributed by atoms with Gasteiger partial charge in [-0.3, -0.25) is 25.0 Å². The van der Waals surface area contributed by atoms with Crippen molar-refractivity contribution in [2.75, 3.05) is 6.61 Å². The van der Waals surface area contributed by atoms with E-state index in [1.54, 1.807) is 0 Å². The Balaban J connectivity index is 1.59. The van der Waals surface area contributed by atoms with Crippen LogP contribution < -0.4 is 0 Å². The predicted octanol–water partition coefficient (Wildman–Crippen LogP) is 1.82. The quantitative estimate of drug-likeness (QED) is 0.169. The molecule has 2 aromatic carbocycles. The number of hydrogen-bond donors (Lipinski definition) is 2. The third-order valence-corrected chi connectivity index (χ3v) is 6.09. The average molecular weight is 547 g/mol. The highest BCUT2D eigenvalue weighted by atomic mass is 16.7. The van der Waals surface area contributed by atoms with Crippen molar-refractivity contribution in [3.8, 4) is 0 Å². The third kappa shape index (κ3) is 6.63. The molecule has 1 fully saturated rings. The lowest BCUT2D eigenvalue weighted by molar-refractivity contribution is -0.386. The van der Waals surface area contributed by atoms with Crippen LogP contribution in [0.15, 0.2) is 48.5 Å². The molecule has 39 heavy (non-hydrogen) atoms. The Hall–Kier alpha value is -4.63. The molecule has 0 aromatic heterocycles. The van der Waals surface area contributed by atoms with E-state index >= 15 is 0 Å². The summed E-state index contributed by atoms with van der Waals surface area (Å²) in [6.07, 6.45) is -4.48. The number of nitrogens with zero attached hydrogens (tertiary/aromatic N) is 3. The van der Waals surface area contributed by atoms with Crippen molar-refractivity contribution in [3.05, 3.63) is 79.9 Å². The summed E-state index contributed by atoms with van der Waals surface area (Å²) in [4.78, 5) is 59.1. The van der Waals surface area contributed by atoms with E-state index in [2.05, 4.69) is 0 Å². The monoisotopic (exact) mass is 547 g/mol. The number of nitro benzene ring substituents is 2. The molecule has 1 amide bonds. The first-order valence-corrected chi connectivity index (χ1v) is 11.6. The lowest BCUT2D eigenvalue weighted by atomic mass is 9.81. The van der Waals surface area contributed by atoms with E-state index in [1.165, 1.54) is 55.5 Å². The summed E-state index contributed by atoms with van der Waals surface area (Å²) >= 11 is 0. The fourth-order valence-corrected chi connectivity index (χ4v) is 4.21. The van der Waals surface area contributed by atoms with Crippen LogP contribution in [0.2, 0.25) is 0 Å². The van der Waals surface area contributed by atoms with Gasteiger partial charge in [-0.05, 0) is 25.5 Å². The molecular formula is C24H25N3O12. The first kappa shape index (κ1) is 28.9. The predicted molar refractivity (Wildman–Crippen MR) is 129 cm³/mol. The number of aliphatic hydroxyl groups excluding tert-OH is 2. The van der Waals surface area contributed by atoms with Crippen LogP contribution in [0.4, 0.5) is 16.2 Å². The van der Waals surface area contributed by atoms with Gasteiger partial charge in [-0.1, -0.05) is 24.3 Å². The van der Waals surface area contributed by atoms with E-state index < -0.39 is 72.0 Å². The summed E-state index contributed by atoms with van der Waals surface area (Å²) in [6.45, 7) is -0.0563. The van der Waals surface area contributed by atoms with E-state index in [0.717, 1.165) is 4.90 Å². The summed E-state index contributed by atoms with van der Waals surface area (Å²) in [6, 6.07) is 10.2. The molecule has 1 aliphatic heterocycles. The van der Waals surface area contributed by atoms with Crippen molar-refractivity contribution in [2.45, 2.75) is 44.9 Å². The minimum atomic E-state index is -2.08. The highest BCUT2D eigenvalue weighted by molar-refractivity contribution is 5.91. The first-order valence-electron chi connectivity index (χ1n) is 11.6. The van der Waals surface area contributed by atoms with E-state index in [1.807, 2.05) is 0 Å². The van der Waals surface area contributed by atoms with Gasteiger partial charge in [0.1, 0.15) is 19.3 Å². The van der Waals surface area contributed by atoms with Crippen LogP contribution in [0, 0.1) is 26.1 Å². The maximum atomic E-state index is 12.8. The number of rotatable bonds is 12. The molecule has 15 heteroatoms. The van der Waals surface area contributed by atoms with Crippen molar-refractivity contribution in [3.63, 3.8) is 0 Å². The molecule has 15 nitrogen and oxygen atoms in total. The number of esters is 1. The van der Waals surface area contributed by atoms with Gasteiger partial charge in [-0.25, -0.2) is 9.59 Å². The van der Waals surface area contributed by atoms with Gasteiger partial charge in [0.2, 0.25) is 12.1 Å². The van der Waals surface area contributed by atoms with Gasteiger partial charge in [0, 0.05) is 18.7 Å². The number of nitro groups is 2. The van der Waals surface area contributed by atoms with Gasteiger partial charge >= 0.3 is 12.1 Å². The van der Waals surface area contributed by atoms with Crippen LogP contribution >= 0.6 is 0 Å². The normalized spacial score (nSPS) is 17.9. The molecular weight excluding hydrogens is 522 g/mol. The van der Waals surface area contributed by atoms with Gasteiger partial charge in [0.25, 0.3) is 11.4 Å². The van der Waals surface area contributed by atoms with Gasteiger partial charge in [-0.2, -0.15) is 0 Å². The molecule has 1 saturated heterocycles. The molecule has 4 unspecified atom stereocenters. The topological polar surface area (TPSA) is 209 Å². The van der Waals surface area contributed by atoms with Crippen LogP contribution in [0.3, 0.4) is 0 Å². The molecule has 1 aliphatic rings. The molecule has 2 aromatic rings. The minimum Gasteiger partial charge on any atom is -0.457 e. The van der Waals surface area contributed by atoms with Crippen LogP contribution in [-0.4, -0.2) is 68.0 Å². The number of amides is 1. The van der Waals surface area contributed by atoms with Crippen molar-refractivity contribution >= 4 is 29.4 Å². The minimum absolute atomic E-state index is 0.0733. The standard InChI is InChI=1S/C24H25N3O12/c1-14(39-24(32)38-13-16-7-3-5-9-18(16)27(35)36)20-19(10-11-28)25(21(20)29)22(30)23(31)37-12-15-6-2-4-8-17(15)26(33)34/h2-9,14,19-20,22,28,30H,10-13H2,1H3. The maximum Gasteiger partial charge on any atom is 0.508 e. The van der Waals surface area contributed by atoms with E-state index in [0.29, 0.717) is 0 Å². The molecule has 0 radical (unpaired) electrons. The Bertz CT molecular complexity index is 1250. The molecule has 2 N–H and O–H groups in total. The second kappa shape index (κ2) is 12.7. The Morgan fingerprint density at radius 1 is 0.974 bits per heavy atom. The molecule has 1 heterocycles. The maximum absolute atomic E-state index is 12.8. The zero-order valence-electron chi connectivity index (χ0n) is 20.6. The first-order chi connectivity index (χ1) is 18.6. The summed E-state index contributed by atoms with van der Waals surface area (Å²) in [5.74, 6) is -3.07. The summed E-state index contributed by atoms with van der Waals surface area (Å²) in [7, 11) is 0. The zero-order valence-corrected chi connectivity index (χ0v) is 20.6. The van der Waals surface area contributed by atoms with Gasteiger partial charge < -0.3 is 29.3 Å². The Morgan fingerprint density at radius 2 is 1.49 bits per heavy atom. The van der Waals surface area contributed by atoms with Gasteiger partial charge in [-0.15, -0.1) is 0 Å². The smallest absolute Gasteiger partial charge is 0.457 e. The van der Waals surface area contributed by atoms with Crippen LogP contribution in [0.5, 0.6) is 0 Å². The third-order valence-electron chi connectivity index (χ3n) is 6.09. The molecule has 3 rings (SSSR count). The largest absolute Gasteiger partial charge is 0.508 e. The van der Waals surface area contributed by atoms with E-state index in [-0.39, 0.29) is 28.9 Å². The van der Waals surface area contributed by atoms with Gasteiger partial charge in [0.15, 0.2) is 0 Å². The highest BCUT2D eigenvalue weighted by Gasteiger charge is 2.55. The number of aliphatic hydroxyl groups is 2. The fourth-order valence-electron chi connectivity index (χ4n) is 4.21. The van der Waals surface area contributed by atoms with Crippen LogP contribution in [-0.2, 0) is 37.0 Å².